The van der Waals surface area contributed by atoms with Crippen molar-refractivity contribution < 1.29 is 9.59 Å². The van der Waals surface area contributed by atoms with Crippen LogP contribution in [0.1, 0.15) is 38.0 Å². The predicted octanol–water partition coefficient (Wildman–Crippen LogP) is 2.40. The lowest BCUT2D eigenvalue weighted by atomic mass is 10.2. The highest BCUT2D eigenvalue weighted by Gasteiger charge is 2.06. The van der Waals surface area contributed by atoms with Gasteiger partial charge in [0.2, 0.25) is 5.91 Å². The number of carbonyl (C=O) groups excluding carboxylic acids is 2. The SMILES string of the molecule is CCCC(=O)Nc1ncc(CCC(C)=O)s1. The third-order valence-corrected chi connectivity index (χ3v) is 2.97. The van der Waals surface area contributed by atoms with Gasteiger partial charge in [0, 0.05) is 23.9 Å². The van der Waals surface area contributed by atoms with Crippen LogP contribution < -0.4 is 5.32 Å². The molecule has 88 valence electrons. The van der Waals surface area contributed by atoms with E-state index >= 15 is 0 Å². The second-order valence-electron chi connectivity index (χ2n) is 3.63. The van der Waals surface area contributed by atoms with Gasteiger partial charge < -0.3 is 10.1 Å². The van der Waals surface area contributed by atoms with Gasteiger partial charge >= 0.3 is 0 Å². The molecule has 0 atom stereocenters. The predicted molar refractivity (Wildman–Crippen MR) is 64.7 cm³/mol. The lowest BCUT2D eigenvalue weighted by Gasteiger charge is -1.97. The topological polar surface area (TPSA) is 59.1 Å². The van der Waals surface area contributed by atoms with Crippen molar-refractivity contribution >= 4 is 28.2 Å². The van der Waals surface area contributed by atoms with Crippen LogP contribution in [0.2, 0.25) is 0 Å². The summed E-state index contributed by atoms with van der Waals surface area (Å²) in [6.07, 6.45) is 4.30. The van der Waals surface area contributed by atoms with Crippen molar-refractivity contribution in [1.29, 1.82) is 0 Å². The number of hydrogen-bond donors (Lipinski definition) is 1. The summed E-state index contributed by atoms with van der Waals surface area (Å²) in [5, 5.41) is 3.36. The Morgan fingerprint density at radius 2 is 2.19 bits per heavy atom. The number of rotatable bonds is 6. The van der Waals surface area contributed by atoms with Gasteiger partial charge in [0.1, 0.15) is 5.78 Å². The van der Waals surface area contributed by atoms with Gasteiger partial charge in [0.25, 0.3) is 0 Å². The van der Waals surface area contributed by atoms with Crippen LogP contribution in [0.15, 0.2) is 6.20 Å². The molecular formula is C11H16N2O2S. The molecule has 1 N–H and O–H groups in total. The Morgan fingerprint density at radius 1 is 1.44 bits per heavy atom. The molecule has 0 fully saturated rings. The van der Waals surface area contributed by atoms with Crippen molar-refractivity contribution in [2.24, 2.45) is 0 Å². The minimum atomic E-state index is -0.00466. The van der Waals surface area contributed by atoms with Crippen LogP contribution >= 0.6 is 11.3 Å². The summed E-state index contributed by atoms with van der Waals surface area (Å²) >= 11 is 1.43. The van der Waals surface area contributed by atoms with Crippen LogP contribution in [-0.4, -0.2) is 16.7 Å². The summed E-state index contributed by atoms with van der Waals surface area (Å²) in [6, 6.07) is 0. The summed E-state index contributed by atoms with van der Waals surface area (Å²) < 4.78 is 0. The van der Waals surface area contributed by atoms with Gasteiger partial charge in [-0.25, -0.2) is 4.98 Å². The highest BCUT2D eigenvalue weighted by molar-refractivity contribution is 7.15. The number of ketones is 1. The monoisotopic (exact) mass is 240 g/mol. The van der Waals surface area contributed by atoms with Gasteiger partial charge in [0.15, 0.2) is 5.13 Å². The molecule has 1 aromatic rings. The Kier molecular flexibility index (Phi) is 5.11. The number of nitrogens with zero attached hydrogens (tertiary/aromatic N) is 1. The molecule has 0 radical (unpaired) electrons. The number of nitrogens with one attached hydrogen (secondary N) is 1. The fourth-order valence-electron chi connectivity index (χ4n) is 1.19. The fraction of sp³-hybridized carbons (Fsp3) is 0.545. The minimum Gasteiger partial charge on any atom is -0.302 e. The first-order chi connectivity index (χ1) is 7.61. The van der Waals surface area contributed by atoms with E-state index in [4.69, 9.17) is 0 Å². The van der Waals surface area contributed by atoms with Gasteiger partial charge in [-0.2, -0.15) is 0 Å². The lowest BCUT2D eigenvalue weighted by Crippen LogP contribution is -2.09. The summed E-state index contributed by atoms with van der Waals surface area (Å²) in [7, 11) is 0. The fourth-order valence-corrected chi connectivity index (χ4v) is 2.02. The molecule has 0 unspecified atom stereocenters. The van der Waals surface area contributed by atoms with Crippen molar-refractivity contribution in [3.8, 4) is 0 Å². The molecule has 1 aromatic heterocycles. The number of aryl methyl sites for hydroxylation is 1. The first-order valence-electron chi connectivity index (χ1n) is 5.35. The van der Waals surface area contributed by atoms with E-state index in [1.54, 1.807) is 13.1 Å². The molecule has 1 heterocycles. The van der Waals surface area contributed by atoms with Gasteiger partial charge in [-0.3, -0.25) is 4.79 Å². The summed E-state index contributed by atoms with van der Waals surface area (Å²) in [4.78, 5) is 27.2. The van der Waals surface area contributed by atoms with Crippen molar-refractivity contribution in [3.05, 3.63) is 11.1 Å². The smallest absolute Gasteiger partial charge is 0.226 e. The van der Waals surface area contributed by atoms with Crippen LogP contribution in [-0.2, 0) is 16.0 Å². The highest BCUT2D eigenvalue weighted by atomic mass is 32.1. The van der Waals surface area contributed by atoms with Gasteiger partial charge in [-0.05, 0) is 19.8 Å². The zero-order chi connectivity index (χ0) is 12.0. The molecule has 0 bridgehead atoms. The Bertz CT molecular complexity index is 374. The Hall–Kier alpha value is -1.23. The number of hydrogen-bond acceptors (Lipinski definition) is 4. The minimum absolute atomic E-state index is 0.00466. The Labute approximate surface area is 99.1 Å². The number of carbonyl (C=O) groups is 2. The maximum absolute atomic E-state index is 11.3. The largest absolute Gasteiger partial charge is 0.302 e. The van der Waals surface area contributed by atoms with Crippen LogP contribution in [0.25, 0.3) is 0 Å². The summed E-state index contributed by atoms with van der Waals surface area (Å²) in [5.41, 5.74) is 0. The second kappa shape index (κ2) is 6.37. The van der Waals surface area contributed by atoms with Crippen molar-refractivity contribution in [2.45, 2.75) is 39.5 Å². The summed E-state index contributed by atoms with van der Waals surface area (Å²) in [5.74, 6) is 0.167. The molecule has 4 nitrogen and oxygen atoms in total. The maximum Gasteiger partial charge on any atom is 0.226 e. The van der Waals surface area contributed by atoms with E-state index in [1.165, 1.54) is 11.3 Å². The molecule has 1 amide bonds. The van der Waals surface area contributed by atoms with Crippen LogP contribution in [0.5, 0.6) is 0 Å². The molecule has 0 aliphatic heterocycles. The maximum atomic E-state index is 11.3. The zero-order valence-electron chi connectivity index (χ0n) is 9.58. The third-order valence-electron chi connectivity index (χ3n) is 2.00. The first-order valence-corrected chi connectivity index (χ1v) is 6.17. The van der Waals surface area contributed by atoms with Crippen molar-refractivity contribution in [3.63, 3.8) is 0 Å². The average Bonchev–Trinajstić information content (AvgIpc) is 2.63. The molecule has 0 spiro atoms. The lowest BCUT2D eigenvalue weighted by molar-refractivity contribution is -0.117. The zero-order valence-corrected chi connectivity index (χ0v) is 10.4. The number of aromatic nitrogens is 1. The van der Waals surface area contributed by atoms with E-state index in [-0.39, 0.29) is 11.7 Å². The molecule has 5 heteroatoms. The van der Waals surface area contributed by atoms with Crippen LogP contribution in [0.3, 0.4) is 0 Å². The van der Waals surface area contributed by atoms with Crippen LogP contribution in [0.4, 0.5) is 5.13 Å². The standard InChI is InChI=1S/C11H16N2O2S/c1-3-4-10(15)13-11-12-7-9(16-11)6-5-8(2)14/h7H,3-6H2,1-2H3,(H,12,13,15). The number of thiazole rings is 1. The molecule has 1 rings (SSSR count). The van der Waals surface area contributed by atoms with Crippen molar-refractivity contribution in [1.82, 2.24) is 4.98 Å². The van der Waals surface area contributed by atoms with Crippen LogP contribution in [0, 0.1) is 0 Å². The second-order valence-corrected chi connectivity index (χ2v) is 4.75. The molecule has 0 aromatic carbocycles. The van der Waals surface area contributed by atoms with Crippen molar-refractivity contribution in [2.75, 3.05) is 5.32 Å². The number of Topliss-reactive ketones (excluding diaryl/α,β-unsaturated/α-hetero) is 1. The average molecular weight is 240 g/mol. The molecule has 16 heavy (non-hydrogen) atoms. The molecule has 0 aliphatic rings. The van der Waals surface area contributed by atoms with Gasteiger partial charge in [-0.15, -0.1) is 11.3 Å². The first kappa shape index (κ1) is 12.8. The highest BCUT2D eigenvalue weighted by Crippen LogP contribution is 2.19. The number of amides is 1. The van der Waals surface area contributed by atoms with E-state index < -0.39 is 0 Å². The quantitative estimate of drug-likeness (QED) is 0.830. The molecule has 0 saturated heterocycles. The Balaban J connectivity index is 2.45. The normalized spacial score (nSPS) is 10.1. The Morgan fingerprint density at radius 3 is 2.81 bits per heavy atom. The van der Waals surface area contributed by atoms with E-state index in [9.17, 15) is 9.59 Å². The summed E-state index contributed by atoms with van der Waals surface area (Å²) in [6.45, 7) is 3.53. The number of anilines is 1. The van der Waals surface area contributed by atoms with E-state index in [0.29, 0.717) is 24.4 Å². The molecule has 0 saturated carbocycles. The van der Waals surface area contributed by atoms with Gasteiger partial charge in [0.05, 0.1) is 0 Å². The van der Waals surface area contributed by atoms with Gasteiger partial charge in [-0.1, -0.05) is 6.92 Å². The van der Waals surface area contributed by atoms with E-state index in [2.05, 4.69) is 10.3 Å². The third kappa shape index (κ3) is 4.53. The molecule has 0 aliphatic carbocycles. The van der Waals surface area contributed by atoms with E-state index in [0.717, 1.165) is 11.3 Å². The molecular weight excluding hydrogens is 224 g/mol. The van der Waals surface area contributed by atoms with E-state index in [1.807, 2.05) is 6.92 Å².